The van der Waals surface area contributed by atoms with Gasteiger partial charge in [-0.25, -0.2) is 0 Å². The molecule has 0 radical (unpaired) electrons. The van der Waals surface area contributed by atoms with Gasteiger partial charge in [0.25, 0.3) is 0 Å². The maximum atomic E-state index is 3.48. The predicted octanol–water partition coefficient (Wildman–Crippen LogP) is 2.65. The Labute approximate surface area is 145 Å². The first-order chi connectivity index (χ1) is 11.9. The second kappa shape index (κ2) is 7.47. The van der Waals surface area contributed by atoms with Crippen molar-refractivity contribution in [1.82, 2.24) is 15.1 Å². The molecule has 2 aromatic carbocycles. The van der Waals surface area contributed by atoms with E-state index in [-0.39, 0.29) is 0 Å². The van der Waals surface area contributed by atoms with Gasteiger partial charge in [-0.3, -0.25) is 9.80 Å². The number of nitrogens with one attached hydrogen (secondary N) is 1. The van der Waals surface area contributed by atoms with Crippen LogP contribution in [0.25, 0.3) is 0 Å². The molecule has 0 aliphatic carbocycles. The van der Waals surface area contributed by atoms with Crippen molar-refractivity contribution in [2.24, 2.45) is 0 Å². The minimum Gasteiger partial charge on any atom is -0.312 e. The van der Waals surface area contributed by atoms with E-state index < -0.39 is 0 Å². The summed E-state index contributed by atoms with van der Waals surface area (Å²) < 4.78 is 0. The van der Waals surface area contributed by atoms with Gasteiger partial charge in [-0.2, -0.15) is 0 Å². The van der Waals surface area contributed by atoms with E-state index in [1.165, 1.54) is 43.7 Å². The van der Waals surface area contributed by atoms with Crippen molar-refractivity contribution in [1.29, 1.82) is 0 Å². The third-order valence-electron chi connectivity index (χ3n) is 5.35. The molecule has 4 rings (SSSR count). The van der Waals surface area contributed by atoms with E-state index in [1.54, 1.807) is 11.1 Å². The fraction of sp³-hybridized carbons (Fsp3) is 0.429. The maximum Gasteiger partial charge on any atom is 0.0237 e. The minimum atomic E-state index is 1.04. The molecule has 2 aliphatic rings. The molecule has 0 bridgehead atoms. The quantitative estimate of drug-likeness (QED) is 0.934. The van der Waals surface area contributed by atoms with Crippen LogP contribution in [-0.2, 0) is 26.1 Å². The van der Waals surface area contributed by atoms with E-state index in [0.29, 0.717) is 0 Å². The number of hydrogen-bond donors (Lipinski definition) is 1. The van der Waals surface area contributed by atoms with Crippen molar-refractivity contribution < 1.29 is 0 Å². The summed E-state index contributed by atoms with van der Waals surface area (Å²) >= 11 is 0. The van der Waals surface area contributed by atoms with Gasteiger partial charge in [-0.05, 0) is 35.2 Å². The number of rotatable bonds is 4. The lowest BCUT2D eigenvalue weighted by Gasteiger charge is -2.35. The van der Waals surface area contributed by atoms with Crippen LogP contribution in [0, 0.1) is 0 Å². The molecule has 3 nitrogen and oxygen atoms in total. The Bertz CT molecular complexity index is 660. The van der Waals surface area contributed by atoms with E-state index in [2.05, 4.69) is 63.6 Å². The molecule has 2 aliphatic heterocycles. The zero-order chi connectivity index (χ0) is 16.2. The summed E-state index contributed by atoms with van der Waals surface area (Å²) in [6.07, 6.45) is 1.18. The van der Waals surface area contributed by atoms with Gasteiger partial charge in [0.05, 0.1) is 0 Å². The molecule has 126 valence electrons. The van der Waals surface area contributed by atoms with Gasteiger partial charge in [0, 0.05) is 45.8 Å². The zero-order valence-corrected chi connectivity index (χ0v) is 14.4. The van der Waals surface area contributed by atoms with E-state index in [0.717, 1.165) is 26.2 Å². The monoisotopic (exact) mass is 321 g/mol. The highest BCUT2D eigenvalue weighted by molar-refractivity contribution is 5.37. The van der Waals surface area contributed by atoms with E-state index in [1.807, 2.05) is 0 Å². The second-order valence-corrected chi connectivity index (χ2v) is 7.02. The Morgan fingerprint density at radius 1 is 0.792 bits per heavy atom. The molecule has 0 saturated carbocycles. The standard InChI is InChI=1S/C21H27N3/c1-2-5-18(6-3-1)16-23-11-13-24(14-12-23)17-20-8-4-7-19-15-22-10-9-21(19)20/h1-8,22H,9-17H2. The van der Waals surface area contributed by atoms with Gasteiger partial charge in [0.2, 0.25) is 0 Å². The molecule has 2 heterocycles. The van der Waals surface area contributed by atoms with E-state index in [9.17, 15) is 0 Å². The third kappa shape index (κ3) is 3.69. The van der Waals surface area contributed by atoms with Crippen molar-refractivity contribution >= 4 is 0 Å². The molecule has 0 amide bonds. The Balaban J connectivity index is 1.34. The normalized spacial score (nSPS) is 19.2. The lowest BCUT2D eigenvalue weighted by molar-refractivity contribution is 0.121. The lowest BCUT2D eigenvalue weighted by atomic mass is 9.95. The zero-order valence-electron chi connectivity index (χ0n) is 14.4. The summed E-state index contributed by atoms with van der Waals surface area (Å²) in [6.45, 7) is 9.05. The largest absolute Gasteiger partial charge is 0.312 e. The van der Waals surface area contributed by atoms with Crippen molar-refractivity contribution in [3.05, 3.63) is 70.8 Å². The summed E-state index contributed by atoms with van der Waals surface area (Å²) in [7, 11) is 0. The topological polar surface area (TPSA) is 18.5 Å². The van der Waals surface area contributed by atoms with Crippen LogP contribution < -0.4 is 5.32 Å². The summed E-state index contributed by atoms with van der Waals surface area (Å²) in [5.41, 5.74) is 6.07. The predicted molar refractivity (Wildman–Crippen MR) is 98.8 cm³/mol. The fourth-order valence-corrected chi connectivity index (χ4v) is 3.95. The first-order valence-electron chi connectivity index (χ1n) is 9.17. The van der Waals surface area contributed by atoms with Gasteiger partial charge < -0.3 is 5.32 Å². The average Bonchev–Trinajstić information content (AvgIpc) is 2.65. The number of piperazine rings is 1. The molecule has 3 heteroatoms. The van der Waals surface area contributed by atoms with Gasteiger partial charge in [-0.1, -0.05) is 48.5 Å². The van der Waals surface area contributed by atoms with Gasteiger partial charge >= 0.3 is 0 Å². The fourth-order valence-electron chi connectivity index (χ4n) is 3.95. The number of fused-ring (bicyclic) bond motifs is 1. The summed E-state index contributed by atoms with van der Waals surface area (Å²) in [5, 5.41) is 3.48. The highest BCUT2D eigenvalue weighted by Crippen LogP contribution is 2.21. The van der Waals surface area contributed by atoms with Crippen LogP contribution in [0.15, 0.2) is 48.5 Å². The lowest BCUT2D eigenvalue weighted by Crippen LogP contribution is -2.45. The second-order valence-electron chi connectivity index (χ2n) is 7.02. The van der Waals surface area contributed by atoms with Crippen LogP contribution in [0.2, 0.25) is 0 Å². The van der Waals surface area contributed by atoms with Crippen molar-refractivity contribution in [2.45, 2.75) is 26.1 Å². The van der Waals surface area contributed by atoms with E-state index >= 15 is 0 Å². The molecule has 1 saturated heterocycles. The van der Waals surface area contributed by atoms with Crippen molar-refractivity contribution in [3.8, 4) is 0 Å². The molecule has 1 N–H and O–H groups in total. The molecule has 24 heavy (non-hydrogen) atoms. The van der Waals surface area contributed by atoms with Crippen LogP contribution in [0.5, 0.6) is 0 Å². The summed E-state index contributed by atoms with van der Waals surface area (Å²) in [5.74, 6) is 0. The highest BCUT2D eigenvalue weighted by atomic mass is 15.3. The third-order valence-corrected chi connectivity index (χ3v) is 5.35. The van der Waals surface area contributed by atoms with Crippen molar-refractivity contribution in [3.63, 3.8) is 0 Å². The first kappa shape index (κ1) is 15.8. The molecule has 0 unspecified atom stereocenters. The Morgan fingerprint density at radius 3 is 2.33 bits per heavy atom. The van der Waals surface area contributed by atoms with Crippen LogP contribution in [0.1, 0.15) is 22.3 Å². The summed E-state index contributed by atoms with van der Waals surface area (Å²) in [4.78, 5) is 5.20. The molecular formula is C21H27N3. The van der Waals surface area contributed by atoms with Gasteiger partial charge in [-0.15, -0.1) is 0 Å². The molecule has 1 fully saturated rings. The molecule has 0 aromatic heterocycles. The first-order valence-corrected chi connectivity index (χ1v) is 9.17. The SMILES string of the molecule is c1ccc(CN2CCN(Cc3cccc4c3CCNC4)CC2)cc1. The molecular weight excluding hydrogens is 294 g/mol. The Kier molecular flexibility index (Phi) is 4.93. The Morgan fingerprint density at radius 2 is 1.54 bits per heavy atom. The van der Waals surface area contributed by atoms with Crippen molar-refractivity contribution in [2.75, 3.05) is 32.7 Å². The number of nitrogens with zero attached hydrogens (tertiary/aromatic N) is 2. The van der Waals surface area contributed by atoms with Crippen LogP contribution in [0.3, 0.4) is 0 Å². The highest BCUT2D eigenvalue weighted by Gasteiger charge is 2.19. The van der Waals surface area contributed by atoms with Crippen LogP contribution in [0.4, 0.5) is 0 Å². The maximum absolute atomic E-state index is 3.48. The Hall–Kier alpha value is -1.68. The van der Waals surface area contributed by atoms with Gasteiger partial charge in [0.1, 0.15) is 0 Å². The number of benzene rings is 2. The molecule has 0 atom stereocenters. The van der Waals surface area contributed by atoms with Gasteiger partial charge in [0.15, 0.2) is 0 Å². The minimum absolute atomic E-state index is 1.04. The molecule has 2 aromatic rings. The van der Waals surface area contributed by atoms with Crippen LogP contribution in [-0.4, -0.2) is 42.5 Å². The van der Waals surface area contributed by atoms with E-state index in [4.69, 9.17) is 0 Å². The van der Waals surface area contributed by atoms with Crippen LogP contribution >= 0.6 is 0 Å². The smallest absolute Gasteiger partial charge is 0.0237 e. The number of hydrogen-bond acceptors (Lipinski definition) is 3. The summed E-state index contributed by atoms with van der Waals surface area (Å²) in [6, 6.07) is 17.7. The average molecular weight is 321 g/mol. The molecule has 0 spiro atoms.